The molecule has 2 aliphatic heterocycles. The van der Waals surface area contributed by atoms with Crippen molar-refractivity contribution in [1.29, 1.82) is 0 Å². The summed E-state index contributed by atoms with van der Waals surface area (Å²) in [6, 6.07) is 3.41. The second-order valence-corrected chi connectivity index (χ2v) is 12.4. The van der Waals surface area contributed by atoms with Gasteiger partial charge in [0.05, 0.1) is 37.1 Å². The van der Waals surface area contributed by atoms with Gasteiger partial charge in [0, 0.05) is 6.42 Å². The van der Waals surface area contributed by atoms with Gasteiger partial charge in [-0.2, -0.15) is 0 Å². The number of ether oxygens (including phenoxy) is 2. The van der Waals surface area contributed by atoms with Crippen LogP contribution in [0.5, 0.6) is 0 Å². The third kappa shape index (κ3) is 5.18. The van der Waals surface area contributed by atoms with Crippen LogP contribution in [-0.4, -0.2) is 61.8 Å². The molecule has 0 spiro atoms. The van der Waals surface area contributed by atoms with Crippen LogP contribution in [0.15, 0.2) is 12.2 Å². The highest BCUT2D eigenvalue weighted by atomic mass is 28.4. The summed E-state index contributed by atoms with van der Waals surface area (Å²) in [6.07, 6.45) is 6.37. The van der Waals surface area contributed by atoms with E-state index in [1.165, 1.54) is 0 Å². The second-order valence-electron chi connectivity index (χ2n) is 7.66. The van der Waals surface area contributed by atoms with Gasteiger partial charge in [-0.1, -0.05) is 39.8 Å². The Morgan fingerprint density at radius 3 is 2.27 bits per heavy atom. The van der Waals surface area contributed by atoms with Crippen molar-refractivity contribution in [2.24, 2.45) is 0 Å². The molecule has 2 N–H and O–H groups in total. The Bertz CT molecular complexity index is 432. The zero-order chi connectivity index (χ0) is 19.2. The lowest BCUT2D eigenvalue weighted by Gasteiger charge is -2.37. The molecule has 0 radical (unpaired) electrons. The molecule has 6 heteroatoms. The molecule has 2 aliphatic rings. The molecule has 26 heavy (non-hydrogen) atoms. The van der Waals surface area contributed by atoms with E-state index in [0.29, 0.717) is 6.42 Å². The molecule has 2 heterocycles. The molecular formula is C20H38O5Si. The maximum Gasteiger partial charge on any atom is 0.192 e. The number of hydrogen-bond donors (Lipinski definition) is 2. The number of hydrogen-bond acceptors (Lipinski definition) is 5. The number of fused-ring (bicyclic) bond motifs is 1. The first-order valence-corrected chi connectivity index (χ1v) is 13.0. The highest BCUT2D eigenvalue weighted by Crippen LogP contribution is 2.33. The summed E-state index contributed by atoms with van der Waals surface area (Å²) in [5.74, 6) is 0. The van der Waals surface area contributed by atoms with Gasteiger partial charge >= 0.3 is 0 Å². The molecule has 2 rings (SSSR count). The van der Waals surface area contributed by atoms with Crippen molar-refractivity contribution in [3.05, 3.63) is 12.2 Å². The van der Waals surface area contributed by atoms with E-state index in [2.05, 4.69) is 39.8 Å². The van der Waals surface area contributed by atoms with Crippen LogP contribution >= 0.6 is 0 Å². The lowest BCUT2D eigenvalue weighted by molar-refractivity contribution is -0.0985. The van der Waals surface area contributed by atoms with Crippen LogP contribution in [0.1, 0.15) is 53.4 Å². The lowest BCUT2D eigenvalue weighted by Crippen LogP contribution is -2.46. The largest absolute Gasteiger partial charge is 0.411 e. The van der Waals surface area contributed by atoms with Crippen molar-refractivity contribution < 1.29 is 24.1 Å². The minimum Gasteiger partial charge on any atom is -0.411 e. The third-order valence-corrected chi connectivity index (χ3v) is 10.9. The van der Waals surface area contributed by atoms with Gasteiger partial charge in [-0.25, -0.2) is 0 Å². The van der Waals surface area contributed by atoms with E-state index in [0.717, 1.165) is 37.4 Å². The molecular weight excluding hydrogens is 348 g/mol. The monoisotopic (exact) mass is 386 g/mol. The minimum absolute atomic E-state index is 0.0374. The normalized spacial score (nSPS) is 35.2. The van der Waals surface area contributed by atoms with Gasteiger partial charge in [0.15, 0.2) is 8.32 Å². The minimum atomic E-state index is -1.71. The molecule has 1 saturated heterocycles. The maximum atomic E-state index is 9.96. The molecule has 0 aromatic carbocycles. The summed E-state index contributed by atoms with van der Waals surface area (Å²) in [6.45, 7) is 8.65. The fourth-order valence-corrected chi connectivity index (χ4v) is 7.08. The molecule has 0 aromatic heterocycles. The van der Waals surface area contributed by atoms with Crippen LogP contribution in [-0.2, 0) is 13.9 Å². The fraction of sp³-hybridized carbons (Fsp3) is 0.900. The van der Waals surface area contributed by atoms with Gasteiger partial charge in [-0.3, -0.25) is 0 Å². The molecule has 0 aliphatic carbocycles. The Kier molecular flexibility index (Phi) is 8.77. The highest BCUT2D eigenvalue weighted by Gasteiger charge is 2.42. The van der Waals surface area contributed by atoms with E-state index in [1.54, 1.807) is 0 Å². The summed E-state index contributed by atoms with van der Waals surface area (Å²) in [5, 5.41) is 19.2. The smallest absolute Gasteiger partial charge is 0.192 e. The van der Waals surface area contributed by atoms with Crippen LogP contribution in [0.25, 0.3) is 0 Å². The molecule has 0 amide bonds. The van der Waals surface area contributed by atoms with E-state index in [-0.39, 0.29) is 37.1 Å². The van der Waals surface area contributed by atoms with E-state index in [1.807, 2.05) is 0 Å². The van der Waals surface area contributed by atoms with Gasteiger partial charge < -0.3 is 24.1 Å². The average Bonchev–Trinajstić information content (AvgIpc) is 3.10. The molecule has 0 saturated carbocycles. The van der Waals surface area contributed by atoms with Crippen LogP contribution < -0.4 is 0 Å². The first kappa shape index (κ1) is 22.1. The van der Waals surface area contributed by atoms with Crippen molar-refractivity contribution in [2.75, 3.05) is 6.61 Å². The molecule has 1 fully saturated rings. The van der Waals surface area contributed by atoms with Gasteiger partial charge in [0.2, 0.25) is 0 Å². The van der Waals surface area contributed by atoms with Crippen molar-refractivity contribution >= 4 is 8.32 Å². The molecule has 6 atom stereocenters. The number of rotatable bonds is 8. The van der Waals surface area contributed by atoms with Crippen molar-refractivity contribution in [1.82, 2.24) is 0 Å². The third-order valence-electron chi connectivity index (χ3n) is 6.25. The van der Waals surface area contributed by atoms with Crippen molar-refractivity contribution in [3.63, 3.8) is 0 Å². The van der Waals surface area contributed by atoms with E-state index < -0.39 is 14.4 Å². The quantitative estimate of drug-likeness (QED) is 0.494. The lowest BCUT2D eigenvalue weighted by atomic mass is 10.1. The number of aliphatic hydroxyl groups excluding tert-OH is 2. The summed E-state index contributed by atoms with van der Waals surface area (Å²) in [5.41, 5.74) is 0. The maximum absolute atomic E-state index is 9.96. The Labute approximate surface area is 159 Å². The van der Waals surface area contributed by atoms with Gasteiger partial charge in [-0.05, 0) is 37.4 Å². The van der Waals surface area contributed by atoms with E-state index in [9.17, 15) is 10.2 Å². The van der Waals surface area contributed by atoms with Gasteiger partial charge in [0.1, 0.15) is 6.10 Å². The predicted molar refractivity (Wildman–Crippen MR) is 106 cm³/mol. The zero-order valence-corrected chi connectivity index (χ0v) is 17.9. The Hall–Kier alpha value is -0.243. The summed E-state index contributed by atoms with van der Waals surface area (Å²) in [7, 11) is -1.71. The molecule has 0 bridgehead atoms. The molecule has 152 valence electrons. The Balaban J connectivity index is 2.14. The topological polar surface area (TPSA) is 68.2 Å². The molecule has 0 aromatic rings. The molecule has 0 unspecified atom stereocenters. The van der Waals surface area contributed by atoms with Gasteiger partial charge in [0.25, 0.3) is 0 Å². The number of aliphatic hydroxyl groups is 2. The predicted octanol–water partition coefficient (Wildman–Crippen LogP) is 3.40. The summed E-state index contributed by atoms with van der Waals surface area (Å²) >= 11 is 0. The second kappa shape index (κ2) is 10.3. The van der Waals surface area contributed by atoms with Crippen LogP contribution in [0.2, 0.25) is 18.1 Å². The standard InChI is InChI=1S/C20H38O5Si/c1-5-16-18(25-26(6-2,7-3)8-4)12-10-9-11-17-20(23-16)13-19(24-17)15(22)14-21/h9-10,15-22H,5-8,11-14H2,1-4H3/b10-9-/t15-,16+,17-,18+,19+,20-/m0/s1. The zero-order valence-electron chi connectivity index (χ0n) is 16.9. The summed E-state index contributed by atoms with van der Waals surface area (Å²) < 4.78 is 19.3. The Morgan fingerprint density at radius 1 is 1.04 bits per heavy atom. The van der Waals surface area contributed by atoms with Crippen molar-refractivity contribution in [2.45, 2.75) is 108 Å². The SMILES string of the molecule is CC[C@H]1O[C@H]2C[C@H]([C@@H](O)CO)O[C@H]2C/C=C\C[C@H]1O[Si](CC)(CC)CC. The van der Waals surface area contributed by atoms with Crippen LogP contribution in [0.3, 0.4) is 0 Å². The van der Waals surface area contributed by atoms with Crippen LogP contribution in [0, 0.1) is 0 Å². The Morgan fingerprint density at radius 2 is 1.69 bits per heavy atom. The first-order valence-electron chi connectivity index (χ1n) is 10.4. The fourth-order valence-electron chi connectivity index (χ4n) is 4.19. The molecule has 5 nitrogen and oxygen atoms in total. The van der Waals surface area contributed by atoms with E-state index in [4.69, 9.17) is 13.9 Å². The van der Waals surface area contributed by atoms with Gasteiger partial charge in [-0.15, -0.1) is 0 Å². The highest BCUT2D eigenvalue weighted by molar-refractivity contribution is 6.73. The summed E-state index contributed by atoms with van der Waals surface area (Å²) in [4.78, 5) is 0. The van der Waals surface area contributed by atoms with E-state index >= 15 is 0 Å². The average molecular weight is 387 g/mol. The van der Waals surface area contributed by atoms with Crippen molar-refractivity contribution in [3.8, 4) is 0 Å². The van der Waals surface area contributed by atoms with Crippen LogP contribution in [0.4, 0.5) is 0 Å². The first-order chi connectivity index (χ1) is 12.5.